The molecule has 1 rings (SSSR count). The van der Waals surface area contributed by atoms with Crippen molar-refractivity contribution >= 4 is 0 Å². The standard InChI is InChI=1S/C12H22/c1-2-3-9-12-10-7-5-4-6-8-11-12/h10H,2-9,11H2,1H3/i10D. The molecule has 0 N–H and O–H groups in total. The van der Waals surface area contributed by atoms with Crippen LogP contribution in [-0.2, 0) is 0 Å². The second-order valence-electron chi connectivity index (χ2n) is 3.80. The van der Waals surface area contributed by atoms with Crippen molar-refractivity contribution in [3.05, 3.63) is 11.6 Å². The maximum atomic E-state index is 7.92. The summed E-state index contributed by atoms with van der Waals surface area (Å²) < 4.78 is 7.92. The molecular formula is C12H22. The van der Waals surface area contributed by atoms with Gasteiger partial charge in [0.1, 0.15) is 0 Å². The molecule has 1 aliphatic carbocycles. The van der Waals surface area contributed by atoms with Crippen molar-refractivity contribution < 1.29 is 1.37 Å². The predicted octanol–water partition coefficient (Wildman–Crippen LogP) is 4.46. The average molecular weight is 167 g/mol. The van der Waals surface area contributed by atoms with Gasteiger partial charge in [0.2, 0.25) is 0 Å². The van der Waals surface area contributed by atoms with Crippen molar-refractivity contribution in [1.82, 2.24) is 0 Å². The topological polar surface area (TPSA) is 0 Å². The Morgan fingerprint density at radius 1 is 1.33 bits per heavy atom. The van der Waals surface area contributed by atoms with Crippen molar-refractivity contribution in [2.24, 2.45) is 0 Å². The van der Waals surface area contributed by atoms with Crippen LogP contribution in [0.3, 0.4) is 0 Å². The van der Waals surface area contributed by atoms with E-state index in [0.29, 0.717) is 0 Å². The van der Waals surface area contributed by atoms with Gasteiger partial charge in [0, 0.05) is 0 Å². The lowest BCUT2D eigenvalue weighted by atomic mass is 9.96. The third kappa shape index (κ3) is 3.94. The maximum absolute atomic E-state index is 7.92. The second-order valence-corrected chi connectivity index (χ2v) is 3.80. The van der Waals surface area contributed by atoms with Crippen LogP contribution in [0.2, 0.25) is 0 Å². The van der Waals surface area contributed by atoms with E-state index in [0.717, 1.165) is 12.5 Å². The van der Waals surface area contributed by atoms with Crippen LogP contribution in [0.4, 0.5) is 0 Å². The fraction of sp³-hybridized carbons (Fsp3) is 0.833. The number of allylic oxidation sites excluding steroid dienone is 2. The molecule has 0 nitrogen and oxygen atoms in total. The lowest BCUT2D eigenvalue weighted by Gasteiger charge is -2.10. The molecule has 0 spiro atoms. The molecule has 0 atom stereocenters. The Kier molecular flexibility index (Phi) is 4.36. The van der Waals surface area contributed by atoms with E-state index in [1.807, 2.05) is 0 Å². The summed E-state index contributed by atoms with van der Waals surface area (Å²) in [6, 6.07) is 0.966. The minimum absolute atomic E-state index is 0.966. The number of unbranched alkanes of at least 4 members (excludes halogenated alkanes) is 1. The van der Waals surface area contributed by atoms with Gasteiger partial charge in [0.25, 0.3) is 0 Å². The van der Waals surface area contributed by atoms with Gasteiger partial charge in [-0.05, 0) is 38.5 Å². The molecule has 0 aromatic rings. The Labute approximate surface area is 78.5 Å². The SMILES string of the molecule is [2H]C1=C(CCCC)CCCCCC1. The normalized spacial score (nSPS) is 21.6. The average Bonchev–Trinajstić information content (AvgIpc) is 2.11. The first-order chi connectivity index (χ1) is 6.34. The van der Waals surface area contributed by atoms with E-state index in [-0.39, 0.29) is 0 Å². The van der Waals surface area contributed by atoms with Crippen LogP contribution < -0.4 is 0 Å². The van der Waals surface area contributed by atoms with Crippen LogP contribution in [0.15, 0.2) is 11.6 Å². The highest BCUT2D eigenvalue weighted by Crippen LogP contribution is 2.20. The smallest absolute Gasteiger partial charge is 0.0575 e. The molecule has 0 heteroatoms. The molecule has 0 aromatic carbocycles. The molecule has 0 aromatic heterocycles. The molecule has 1 aliphatic rings. The summed E-state index contributed by atoms with van der Waals surface area (Å²) in [6.45, 7) is 2.23. The van der Waals surface area contributed by atoms with Crippen molar-refractivity contribution in [1.29, 1.82) is 0 Å². The van der Waals surface area contributed by atoms with Gasteiger partial charge in [-0.15, -0.1) is 0 Å². The summed E-state index contributed by atoms with van der Waals surface area (Å²) in [5, 5.41) is 0. The van der Waals surface area contributed by atoms with Crippen LogP contribution in [0.5, 0.6) is 0 Å². The van der Waals surface area contributed by atoms with E-state index in [4.69, 9.17) is 1.37 Å². The van der Waals surface area contributed by atoms with Gasteiger partial charge in [-0.1, -0.05) is 37.8 Å². The number of rotatable bonds is 3. The largest absolute Gasteiger partial charge is 0.0853 e. The highest BCUT2D eigenvalue weighted by Gasteiger charge is 2.00. The van der Waals surface area contributed by atoms with Crippen LogP contribution in [0, 0.1) is 0 Å². The van der Waals surface area contributed by atoms with Gasteiger partial charge in [-0.3, -0.25) is 0 Å². The molecule has 0 heterocycles. The fourth-order valence-electron chi connectivity index (χ4n) is 1.77. The first-order valence-electron chi connectivity index (χ1n) is 6.02. The molecule has 0 amide bonds. The van der Waals surface area contributed by atoms with Crippen LogP contribution >= 0.6 is 0 Å². The lowest BCUT2D eigenvalue weighted by molar-refractivity contribution is 0.607. The quantitative estimate of drug-likeness (QED) is 0.544. The third-order valence-electron chi connectivity index (χ3n) is 2.61. The van der Waals surface area contributed by atoms with Gasteiger partial charge in [-0.25, -0.2) is 0 Å². The molecule has 0 unspecified atom stereocenters. The van der Waals surface area contributed by atoms with Crippen molar-refractivity contribution in [3.8, 4) is 0 Å². The van der Waals surface area contributed by atoms with Gasteiger partial charge in [-0.2, -0.15) is 0 Å². The van der Waals surface area contributed by atoms with E-state index < -0.39 is 0 Å². The monoisotopic (exact) mass is 167 g/mol. The maximum Gasteiger partial charge on any atom is 0.0575 e. The zero-order valence-electron chi connectivity index (χ0n) is 9.36. The molecule has 0 saturated heterocycles. The number of hydrogen-bond acceptors (Lipinski definition) is 0. The molecule has 0 fully saturated rings. The Bertz CT molecular complexity index is 170. The van der Waals surface area contributed by atoms with Crippen LogP contribution in [0.25, 0.3) is 0 Å². The predicted molar refractivity (Wildman–Crippen MR) is 55.3 cm³/mol. The third-order valence-corrected chi connectivity index (χ3v) is 2.61. The zero-order chi connectivity index (χ0) is 9.52. The van der Waals surface area contributed by atoms with E-state index >= 15 is 0 Å². The molecule has 12 heavy (non-hydrogen) atoms. The van der Waals surface area contributed by atoms with Gasteiger partial charge in [0.15, 0.2) is 0 Å². The van der Waals surface area contributed by atoms with Crippen molar-refractivity contribution in [2.45, 2.75) is 64.7 Å². The van der Waals surface area contributed by atoms with Crippen molar-refractivity contribution in [2.75, 3.05) is 0 Å². The minimum Gasteiger partial charge on any atom is -0.0853 e. The zero-order valence-corrected chi connectivity index (χ0v) is 8.36. The first kappa shape index (κ1) is 8.34. The summed E-state index contributed by atoms with van der Waals surface area (Å²) in [5.74, 6) is 0. The minimum atomic E-state index is 0.966. The summed E-state index contributed by atoms with van der Waals surface area (Å²) in [6.07, 6.45) is 11.3. The van der Waals surface area contributed by atoms with E-state index in [1.165, 1.54) is 56.9 Å². The van der Waals surface area contributed by atoms with E-state index in [1.54, 1.807) is 0 Å². The summed E-state index contributed by atoms with van der Waals surface area (Å²) >= 11 is 0. The fourth-order valence-corrected chi connectivity index (χ4v) is 1.77. The Hall–Kier alpha value is -0.260. The molecular weight excluding hydrogens is 144 g/mol. The Morgan fingerprint density at radius 3 is 3.00 bits per heavy atom. The van der Waals surface area contributed by atoms with E-state index in [2.05, 4.69) is 6.92 Å². The van der Waals surface area contributed by atoms with Crippen LogP contribution in [-0.4, -0.2) is 0 Å². The molecule has 70 valence electrons. The highest BCUT2D eigenvalue weighted by molar-refractivity contribution is 5.02. The molecule has 0 aliphatic heterocycles. The molecule has 0 radical (unpaired) electrons. The van der Waals surface area contributed by atoms with Gasteiger partial charge >= 0.3 is 0 Å². The summed E-state index contributed by atoms with van der Waals surface area (Å²) in [7, 11) is 0. The summed E-state index contributed by atoms with van der Waals surface area (Å²) in [5.41, 5.74) is 1.46. The second kappa shape index (κ2) is 6.28. The van der Waals surface area contributed by atoms with Crippen molar-refractivity contribution in [3.63, 3.8) is 0 Å². The first-order valence-corrected chi connectivity index (χ1v) is 5.52. The Balaban J connectivity index is 2.46. The number of hydrogen-bond donors (Lipinski definition) is 0. The van der Waals surface area contributed by atoms with E-state index in [9.17, 15) is 0 Å². The van der Waals surface area contributed by atoms with Gasteiger partial charge < -0.3 is 0 Å². The summed E-state index contributed by atoms with van der Waals surface area (Å²) in [4.78, 5) is 0. The lowest BCUT2D eigenvalue weighted by Crippen LogP contribution is -1.90. The highest BCUT2D eigenvalue weighted by atomic mass is 14.1. The van der Waals surface area contributed by atoms with Crippen LogP contribution in [0.1, 0.15) is 66.1 Å². The Morgan fingerprint density at radius 2 is 2.17 bits per heavy atom. The molecule has 0 bridgehead atoms. The van der Waals surface area contributed by atoms with Gasteiger partial charge in [0.05, 0.1) is 1.37 Å². The molecule has 0 saturated carbocycles.